The predicted molar refractivity (Wildman–Crippen MR) is 102 cm³/mol. The largest absolute Gasteiger partial charge is 0.271 e. The fraction of sp³-hybridized carbons (Fsp3) is 0.263. The van der Waals surface area contributed by atoms with E-state index >= 15 is 0 Å². The molecule has 0 aromatic heterocycles. The number of hydrogen-bond acceptors (Lipinski definition) is 6. The van der Waals surface area contributed by atoms with Gasteiger partial charge in [-0.1, -0.05) is 29.8 Å². The van der Waals surface area contributed by atoms with Crippen molar-refractivity contribution in [1.29, 1.82) is 0 Å². The van der Waals surface area contributed by atoms with E-state index < -0.39 is 11.0 Å². The Labute approximate surface area is 156 Å². The number of benzene rings is 2. The summed E-state index contributed by atoms with van der Waals surface area (Å²) in [6.45, 7) is 3.77. The first kappa shape index (κ1) is 18.7. The normalized spacial score (nSPS) is 19.7. The summed E-state index contributed by atoms with van der Waals surface area (Å²) in [5, 5.41) is 14.8. The maximum absolute atomic E-state index is 12.3. The van der Waals surface area contributed by atoms with Gasteiger partial charge in [0.1, 0.15) is 6.04 Å². The Morgan fingerprint density at radius 2 is 1.81 bits per heavy atom. The lowest BCUT2D eigenvalue weighted by Crippen LogP contribution is -2.41. The topological polar surface area (TPSA) is 109 Å². The zero-order valence-corrected chi connectivity index (χ0v) is 15.1. The van der Waals surface area contributed by atoms with Crippen LogP contribution in [0.3, 0.4) is 0 Å². The van der Waals surface area contributed by atoms with E-state index in [-0.39, 0.29) is 17.6 Å². The van der Waals surface area contributed by atoms with Gasteiger partial charge in [0.15, 0.2) is 0 Å². The monoisotopic (exact) mass is 367 g/mol. The zero-order chi connectivity index (χ0) is 19.4. The van der Waals surface area contributed by atoms with E-state index in [1.54, 1.807) is 19.1 Å². The van der Waals surface area contributed by atoms with Gasteiger partial charge in [-0.15, -0.1) is 0 Å². The summed E-state index contributed by atoms with van der Waals surface area (Å²) in [5.41, 5.74) is 12.3. The molecule has 8 heteroatoms. The first-order valence-corrected chi connectivity index (χ1v) is 8.60. The quantitative estimate of drug-likeness (QED) is 0.427. The number of nitrogens with one attached hydrogen (secondary N) is 3. The molecule has 3 rings (SSSR count). The maximum Gasteiger partial charge on any atom is 0.269 e. The molecule has 0 aliphatic carbocycles. The van der Waals surface area contributed by atoms with E-state index in [0.717, 1.165) is 5.56 Å². The number of non-ortho nitro benzene ring substituents is 1. The molecule has 8 nitrogen and oxygen atoms in total. The molecule has 0 saturated carbocycles. The van der Waals surface area contributed by atoms with Gasteiger partial charge in [-0.3, -0.25) is 14.9 Å². The molecule has 1 aliphatic rings. The van der Waals surface area contributed by atoms with E-state index in [0.29, 0.717) is 17.7 Å². The number of nitro benzene ring substituents is 1. The van der Waals surface area contributed by atoms with E-state index in [9.17, 15) is 14.9 Å². The first-order chi connectivity index (χ1) is 12.9. The van der Waals surface area contributed by atoms with Crippen molar-refractivity contribution in [2.24, 2.45) is 5.10 Å². The Morgan fingerprint density at radius 3 is 2.44 bits per heavy atom. The Bertz CT molecular complexity index is 862. The summed E-state index contributed by atoms with van der Waals surface area (Å²) in [6, 6.07) is 13.9. The second-order valence-electron chi connectivity index (χ2n) is 6.52. The van der Waals surface area contributed by atoms with Crippen LogP contribution in [0.4, 0.5) is 5.69 Å². The maximum atomic E-state index is 12.3. The van der Waals surface area contributed by atoms with Crippen molar-refractivity contribution in [3.8, 4) is 0 Å². The summed E-state index contributed by atoms with van der Waals surface area (Å²) in [7, 11) is 0. The van der Waals surface area contributed by atoms with Gasteiger partial charge in [-0.2, -0.15) is 5.10 Å². The lowest BCUT2D eigenvalue weighted by molar-refractivity contribution is -0.384. The fourth-order valence-electron chi connectivity index (χ4n) is 2.85. The molecule has 1 fully saturated rings. The van der Waals surface area contributed by atoms with Gasteiger partial charge < -0.3 is 0 Å². The molecule has 0 bridgehead atoms. The van der Waals surface area contributed by atoms with Crippen molar-refractivity contribution in [1.82, 2.24) is 16.3 Å². The van der Waals surface area contributed by atoms with Gasteiger partial charge in [-0.05, 0) is 43.5 Å². The molecule has 1 heterocycles. The van der Waals surface area contributed by atoms with Gasteiger partial charge in [0.25, 0.3) is 11.6 Å². The third-order valence-corrected chi connectivity index (χ3v) is 4.53. The molecule has 2 unspecified atom stereocenters. The first-order valence-electron chi connectivity index (χ1n) is 8.60. The van der Waals surface area contributed by atoms with Crippen molar-refractivity contribution in [2.45, 2.75) is 32.4 Å². The summed E-state index contributed by atoms with van der Waals surface area (Å²) in [6.07, 6.45) is 0.612. The number of carbonyl (C=O) groups is 1. The third-order valence-electron chi connectivity index (χ3n) is 4.53. The Hall–Kier alpha value is -3.10. The minimum Gasteiger partial charge on any atom is -0.271 e. The van der Waals surface area contributed by atoms with Gasteiger partial charge in [-0.25, -0.2) is 16.3 Å². The number of hydrogen-bond donors (Lipinski definition) is 3. The Kier molecular flexibility index (Phi) is 5.58. The van der Waals surface area contributed by atoms with E-state index in [1.807, 2.05) is 31.2 Å². The van der Waals surface area contributed by atoms with Crippen LogP contribution in [0.5, 0.6) is 0 Å². The fourth-order valence-corrected chi connectivity index (χ4v) is 2.85. The highest BCUT2D eigenvalue weighted by molar-refractivity contribution is 5.99. The summed E-state index contributed by atoms with van der Waals surface area (Å²) >= 11 is 0. The van der Waals surface area contributed by atoms with E-state index in [2.05, 4.69) is 21.4 Å². The van der Waals surface area contributed by atoms with Crippen molar-refractivity contribution in [2.75, 3.05) is 0 Å². The Morgan fingerprint density at radius 1 is 1.15 bits per heavy atom. The molecule has 140 valence electrons. The second kappa shape index (κ2) is 8.07. The van der Waals surface area contributed by atoms with Gasteiger partial charge in [0.05, 0.1) is 10.6 Å². The van der Waals surface area contributed by atoms with E-state index in [4.69, 9.17) is 0 Å². The number of amides is 1. The van der Waals surface area contributed by atoms with Crippen molar-refractivity contribution < 1.29 is 9.72 Å². The van der Waals surface area contributed by atoms with Crippen LogP contribution in [0.2, 0.25) is 0 Å². The van der Waals surface area contributed by atoms with Crippen LogP contribution < -0.4 is 16.3 Å². The highest BCUT2D eigenvalue weighted by Gasteiger charge is 2.30. The third kappa shape index (κ3) is 4.55. The minimum absolute atomic E-state index is 0.0129. The molecule has 2 aromatic rings. The molecular formula is C19H21N5O3. The lowest BCUT2D eigenvalue weighted by Gasteiger charge is -2.09. The standard InChI is InChI=1S/C19H21N5O3/c1-12-3-5-15(6-4-12)17-11-18(22-21-17)19(25)23-20-13(2)14-7-9-16(10-8-14)24(26)27/h3-10,17-18,21-22H,11H2,1-2H3,(H,23,25)/b20-13+. The molecule has 2 aromatic carbocycles. The number of carbonyl (C=O) groups excluding carboxylic acids is 1. The van der Waals surface area contributed by atoms with Crippen LogP contribution in [0, 0.1) is 17.0 Å². The van der Waals surface area contributed by atoms with E-state index in [1.165, 1.54) is 17.7 Å². The summed E-state index contributed by atoms with van der Waals surface area (Å²) in [4.78, 5) is 22.6. The molecule has 2 atom stereocenters. The predicted octanol–water partition coefficient (Wildman–Crippen LogP) is 2.35. The van der Waals surface area contributed by atoms with Crippen LogP contribution in [0.1, 0.15) is 36.1 Å². The summed E-state index contributed by atoms with van der Waals surface area (Å²) in [5.74, 6) is -0.238. The number of rotatable bonds is 5. The highest BCUT2D eigenvalue weighted by atomic mass is 16.6. The van der Waals surface area contributed by atoms with Crippen molar-refractivity contribution >= 4 is 17.3 Å². The minimum atomic E-state index is -0.457. The summed E-state index contributed by atoms with van der Waals surface area (Å²) < 4.78 is 0. The Balaban J connectivity index is 1.58. The molecule has 27 heavy (non-hydrogen) atoms. The SMILES string of the molecule is C/C(=N\NC(=O)C1CC(c2ccc(C)cc2)NN1)c1ccc([N+](=O)[O-])cc1. The zero-order valence-electron chi connectivity index (χ0n) is 15.1. The van der Waals surface area contributed by atoms with Gasteiger partial charge >= 0.3 is 0 Å². The lowest BCUT2D eigenvalue weighted by atomic mass is 10.0. The number of hydrazone groups is 1. The van der Waals surface area contributed by atoms with Crippen molar-refractivity contribution in [3.05, 3.63) is 75.3 Å². The smallest absolute Gasteiger partial charge is 0.269 e. The van der Waals surface area contributed by atoms with Gasteiger partial charge in [0, 0.05) is 18.2 Å². The average Bonchev–Trinajstić information content (AvgIpc) is 3.16. The molecular weight excluding hydrogens is 346 g/mol. The highest BCUT2D eigenvalue weighted by Crippen LogP contribution is 2.22. The van der Waals surface area contributed by atoms with Crippen LogP contribution in [0.25, 0.3) is 0 Å². The molecule has 0 spiro atoms. The second-order valence-corrected chi connectivity index (χ2v) is 6.52. The van der Waals surface area contributed by atoms with Crippen LogP contribution in [0.15, 0.2) is 53.6 Å². The molecule has 1 aliphatic heterocycles. The molecule has 0 radical (unpaired) electrons. The molecule has 1 saturated heterocycles. The average molecular weight is 367 g/mol. The van der Waals surface area contributed by atoms with Gasteiger partial charge in [0.2, 0.25) is 0 Å². The number of nitrogens with zero attached hydrogens (tertiary/aromatic N) is 2. The van der Waals surface area contributed by atoms with Crippen LogP contribution >= 0.6 is 0 Å². The number of nitro groups is 1. The van der Waals surface area contributed by atoms with Crippen LogP contribution in [-0.4, -0.2) is 22.6 Å². The molecule has 3 N–H and O–H groups in total. The van der Waals surface area contributed by atoms with Crippen LogP contribution in [-0.2, 0) is 4.79 Å². The van der Waals surface area contributed by atoms with Crippen molar-refractivity contribution in [3.63, 3.8) is 0 Å². The molecule has 1 amide bonds. The number of aryl methyl sites for hydroxylation is 1. The number of hydrazine groups is 1.